The quantitative estimate of drug-likeness (QED) is 0.553. The molecule has 2 heterocycles. The summed E-state index contributed by atoms with van der Waals surface area (Å²) in [6.45, 7) is 3.44. The monoisotopic (exact) mass is 391 g/mol. The lowest BCUT2D eigenvalue weighted by Gasteiger charge is -2.37. The average molecular weight is 391 g/mol. The van der Waals surface area contributed by atoms with Gasteiger partial charge in [-0.25, -0.2) is 9.97 Å². The van der Waals surface area contributed by atoms with Gasteiger partial charge in [-0.2, -0.15) is 0 Å². The maximum Gasteiger partial charge on any atom is 0.173 e. The Kier molecular flexibility index (Phi) is 5.51. The summed E-state index contributed by atoms with van der Waals surface area (Å²) in [6.07, 6.45) is 1.54. The zero-order valence-corrected chi connectivity index (χ0v) is 16.4. The van der Waals surface area contributed by atoms with Gasteiger partial charge in [0.1, 0.15) is 17.8 Å². The molecule has 3 aromatic rings. The predicted octanol–water partition coefficient (Wildman–Crippen LogP) is 2.83. The van der Waals surface area contributed by atoms with Gasteiger partial charge in [-0.05, 0) is 36.4 Å². The molecule has 0 saturated carbocycles. The molecule has 0 bridgehead atoms. The molecule has 0 spiro atoms. The van der Waals surface area contributed by atoms with Gasteiger partial charge in [0.2, 0.25) is 0 Å². The molecule has 1 aliphatic rings. The molecule has 8 heteroatoms. The van der Waals surface area contributed by atoms with Crippen molar-refractivity contribution in [2.75, 3.05) is 59.7 Å². The number of benzene rings is 2. The molecule has 0 amide bonds. The molecule has 8 nitrogen and oxygen atoms in total. The maximum absolute atomic E-state index is 6.36. The van der Waals surface area contributed by atoms with E-state index in [2.05, 4.69) is 42.8 Å². The van der Waals surface area contributed by atoms with Crippen LogP contribution in [0, 0.1) is 0 Å². The number of nitrogens with two attached hydrogens (primary N) is 1. The molecule has 1 aliphatic heterocycles. The van der Waals surface area contributed by atoms with E-state index in [-0.39, 0.29) is 0 Å². The first-order valence-electron chi connectivity index (χ1n) is 9.56. The van der Waals surface area contributed by atoms with Crippen LogP contribution in [0.3, 0.4) is 0 Å². The van der Waals surface area contributed by atoms with E-state index in [0.29, 0.717) is 11.5 Å². The van der Waals surface area contributed by atoms with Crippen molar-refractivity contribution < 1.29 is 4.74 Å². The highest BCUT2D eigenvalue weighted by molar-refractivity contribution is 5.76. The highest BCUT2D eigenvalue weighted by atomic mass is 16.5. The fraction of sp³-hybridized carbons (Fsp3) is 0.238. The number of ether oxygens (including phenoxy) is 1. The van der Waals surface area contributed by atoms with Crippen molar-refractivity contribution in [3.05, 3.63) is 60.9 Å². The number of aromatic nitrogens is 2. The number of rotatable bonds is 6. The number of hydrogen-bond donors (Lipinski definition) is 3. The third kappa shape index (κ3) is 4.26. The predicted molar refractivity (Wildman–Crippen MR) is 118 cm³/mol. The molecular weight excluding hydrogens is 366 g/mol. The summed E-state index contributed by atoms with van der Waals surface area (Å²) in [5, 5.41) is 0. The molecule has 0 atom stereocenters. The van der Waals surface area contributed by atoms with Gasteiger partial charge in [0.25, 0.3) is 0 Å². The standard InChI is InChI=1S/C21H25N7O/c1-29-18-9-7-17(8-10-18)27-11-13-28(14-12-27)21-19(22)20(23-15-24-21)26-25-16-5-3-2-4-6-16/h2-10,15,25H,11-14,22H2,1H3,(H,23,24,26). The van der Waals surface area contributed by atoms with Crippen molar-refractivity contribution in [2.24, 2.45) is 0 Å². The Morgan fingerprint density at radius 3 is 2.24 bits per heavy atom. The Bertz CT molecular complexity index is 926. The Morgan fingerprint density at radius 1 is 0.862 bits per heavy atom. The van der Waals surface area contributed by atoms with Crippen molar-refractivity contribution in [3.63, 3.8) is 0 Å². The van der Waals surface area contributed by atoms with Crippen LogP contribution in [0.4, 0.5) is 28.7 Å². The van der Waals surface area contributed by atoms with Gasteiger partial charge >= 0.3 is 0 Å². The van der Waals surface area contributed by atoms with Crippen LogP contribution in [-0.2, 0) is 0 Å². The fourth-order valence-electron chi connectivity index (χ4n) is 3.36. The summed E-state index contributed by atoms with van der Waals surface area (Å²) in [4.78, 5) is 13.2. The van der Waals surface area contributed by atoms with E-state index >= 15 is 0 Å². The lowest BCUT2D eigenvalue weighted by Crippen LogP contribution is -2.47. The summed E-state index contributed by atoms with van der Waals surface area (Å²) < 4.78 is 5.24. The number of nitrogens with one attached hydrogen (secondary N) is 2. The fourth-order valence-corrected chi connectivity index (χ4v) is 3.36. The molecule has 1 aromatic heterocycles. The number of methoxy groups -OCH3 is 1. The third-order valence-electron chi connectivity index (χ3n) is 4.98. The zero-order chi connectivity index (χ0) is 20.1. The number of hydrogen-bond acceptors (Lipinski definition) is 8. The SMILES string of the molecule is COc1ccc(N2CCN(c3ncnc(NNc4ccccc4)c3N)CC2)cc1. The van der Waals surface area contributed by atoms with Crippen LogP contribution in [0.25, 0.3) is 0 Å². The van der Waals surface area contributed by atoms with Crippen LogP contribution in [0.5, 0.6) is 5.75 Å². The topological polar surface area (TPSA) is 91.6 Å². The summed E-state index contributed by atoms with van der Waals surface area (Å²) >= 11 is 0. The molecule has 0 unspecified atom stereocenters. The minimum absolute atomic E-state index is 0.536. The Hall–Kier alpha value is -3.68. The molecule has 4 rings (SSSR count). The highest BCUT2D eigenvalue weighted by Gasteiger charge is 2.21. The number of para-hydroxylation sites is 1. The lowest BCUT2D eigenvalue weighted by atomic mass is 10.2. The molecule has 150 valence electrons. The van der Waals surface area contributed by atoms with Gasteiger partial charge in [-0.15, -0.1) is 0 Å². The Balaban J connectivity index is 1.40. The van der Waals surface area contributed by atoms with E-state index in [1.807, 2.05) is 42.5 Å². The second kappa shape index (κ2) is 8.55. The van der Waals surface area contributed by atoms with Gasteiger partial charge in [-0.3, -0.25) is 10.9 Å². The average Bonchev–Trinajstić information content (AvgIpc) is 2.79. The molecule has 1 saturated heterocycles. The first-order valence-corrected chi connectivity index (χ1v) is 9.56. The Morgan fingerprint density at radius 2 is 1.55 bits per heavy atom. The minimum Gasteiger partial charge on any atom is -0.497 e. The third-order valence-corrected chi connectivity index (χ3v) is 4.98. The minimum atomic E-state index is 0.536. The van der Waals surface area contributed by atoms with E-state index in [9.17, 15) is 0 Å². The molecule has 29 heavy (non-hydrogen) atoms. The van der Waals surface area contributed by atoms with Crippen LogP contribution in [0.15, 0.2) is 60.9 Å². The molecule has 4 N–H and O–H groups in total. The van der Waals surface area contributed by atoms with Crippen LogP contribution in [0.1, 0.15) is 0 Å². The second-order valence-electron chi connectivity index (χ2n) is 6.75. The highest BCUT2D eigenvalue weighted by Crippen LogP contribution is 2.28. The molecular formula is C21H25N7O. The number of piperazine rings is 1. The van der Waals surface area contributed by atoms with E-state index in [0.717, 1.165) is 43.4 Å². The van der Waals surface area contributed by atoms with E-state index in [1.54, 1.807) is 7.11 Å². The smallest absolute Gasteiger partial charge is 0.173 e. The lowest BCUT2D eigenvalue weighted by molar-refractivity contribution is 0.415. The van der Waals surface area contributed by atoms with Crippen molar-refractivity contribution in [1.29, 1.82) is 0 Å². The first-order chi connectivity index (χ1) is 14.2. The molecule has 0 aliphatic carbocycles. The van der Waals surface area contributed by atoms with Crippen molar-refractivity contribution in [3.8, 4) is 5.75 Å². The normalized spacial score (nSPS) is 13.8. The van der Waals surface area contributed by atoms with Gasteiger partial charge in [-0.1, -0.05) is 18.2 Å². The number of nitrogens with zero attached hydrogens (tertiary/aromatic N) is 4. The molecule has 1 fully saturated rings. The van der Waals surface area contributed by atoms with Crippen LogP contribution >= 0.6 is 0 Å². The zero-order valence-electron chi connectivity index (χ0n) is 16.4. The van der Waals surface area contributed by atoms with E-state index < -0.39 is 0 Å². The van der Waals surface area contributed by atoms with Gasteiger partial charge < -0.3 is 20.3 Å². The van der Waals surface area contributed by atoms with Crippen LogP contribution in [0.2, 0.25) is 0 Å². The Labute approximate surface area is 170 Å². The molecule has 0 radical (unpaired) electrons. The van der Waals surface area contributed by atoms with Crippen molar-refractivity contribution >= 4 is 28.7 Å². The van der Waals surface area contributed by atoms with Gasteiger partial charge in [0.05, 0.1) is 12.8 Å². The summed E-state index contributed by atoms with van der Waals surface area (Å²) in [5.41, 5.74) is 15.2. The van der Waals surface area contributed by atoms with E-state index in [1.165, 1.54) is 12.0 Å². The number of anilines is 5. The van der Waals surface area contributed by atoms with Gasteiger partial charge in [0.15, 0.2) is 11.6 Å². The maximum atomic E-state index is 6.36. The van der Waals surface area contributed by atoms with Gasteiger partial charge in [0, 0.05) is 31.9 Å². The number of nitrogen functional groups attached to an aromatic ring is 1. The second-order valence-corrected chi connectivity index (χ2v) is 6.75. The largest absolute Gasteiger partial charge is 0.497 e. The summed E-state index contributed by atoms with van der Waals surface area (Å²) in [6, 6.07) is 18.0. The van der Waals surface area contributed by atoms with Crippen molar-refractivity contribution in [2.45, 2.75) is 0 Å². The first kappa shape index (κ1) is 18.7. The van der Waals surface area contributed by atoms with Crippen molar-refractivity contribution in [1.82, 2.24) is 9.97 Å². The number of hydrazine groups is 1. The van der Waals surface area contributed by atoms with E-state index in [4.69, 9.17) is 10.5 Å². The van der Waals surface area contributed by atoms with Crippen LogP contribution < -0.4 is 31.1 Å². The van der Waals surface area contributed by atoms with Crippen LogP contribution in [-0.4, -0.2) is 43.3 Å². The molecule has 2 aromatic carbocycles. The summed E-state index contributed by atoms with van der Waals surface area (Å²) in [5.74, 6) is 2.19. The summed E-state index contributed by atoms with van der Waals surface area (Å²) in [7, 11) is 1.68.